The Bertz CT molecular complexity index is 641. The molecule has 0 spiro atoms. The molecule has 0 aliphatic rings. The zero-order valence-electron chi connectivity index (χ0n) is 11.7. The Morgan fingerprint density at radius 3 is 2.38 bits per heavy atom. The largest absolute Gasteiger partial charge is 0.478 e. The van der Waals surface area contributed by atoms with Crippen molar-refractivity contribution in [1.29, 1.82) is 0 Å². The van der Waals surface area contributed by atoms with Gasteiger partial charge in [0, 0.05) is 9.50 Å². The van der Waals surface area contributed by atoms with Crippen molar-refractivity contribution in [2.24, 2.45) is 0 Å². The molecule has 2 rings (SSSR count). The van der Waals surface area contributed by atoms with Crippen LogP contribution < -0.4 is 10.1 Å². The second-order valence-electron chi connectivity index (χ2n) is 5.00. The zero-order chi connectivity index (χ0) is 15.5. The van der Waals surface area contributed by atoms with E-state index in [2.05, 4.69) is 21.2 Å². The molecule has 21 heavy (non-hydrogen) atoms. The van der Waals surface area contributed by atoms with E-state index < -0.39 is 5.60 Å². The first-order valence-corrected chi connectivity index (χ1v) is 7.56. The number of carbonyl (C=O) groups excluding carboxylic acids is 1. The van der Waals surface area contributed by atoms with Crippen molar-refractivity contribution in [2.75, 3.05) is 5.32 Å². The van der Waals surface area contributed by atoms with Crippen molar-refractivity contribution in [1.82, 2.24) is 0 Å². The molecule has 5 heteroatoms. The summed E-state index contributed by atoms with van der Waals surface area (Å²) in [5.41, 5.74) is -0.307. The maximum atomic E-state index is 12.4. The van der Waals surface area contributed by atoms with E-state index in [-0.39, 0.29) is 5.91 Å². The Morgan fingerprint density at radius 1 is 1.14 bits per heavy atom. The van der Waals surface area contributed by atoms with Gasteiger partial charge in [0.25, 0.3) is 5.91 Å². The first kappa shape index (κ1) is 15.9. The average Bonchev–Trinajstić information content (AvgIpc) is 2.43. The minimum Gasteiger partial charge on any atom is -0.478 e. The lowest BCUT2D eigenvalue weighted by Crippen LogP contribution is -2.42. The maximum absolute atomic E-state index is 12.4. The molecule has 0 bridgehead atoms. The number of nitrogens with one attached hydrogen (secondary N) is 1. The second-order valence-corrected chi connectivity index (χ2v) is 6.29. The number of carbonyl (C=O) groups is 1. The van der Waals surface area contributed by atoms with Crippen molar-refractivity contribution in [3.63, 3.8) is 0 Å². The molecule has 0 radical (unpaired) electrons. The van der Waals surface area contributed by atoms with Gasteiger partial charge in [-0.1, -0.05) is 23.7 Å². The Balaban J connectivity index is 2.10. The lowest BCUT2D eigenvalue weighted by molar-refractivity contribution is -0.128. The topological polar surface area (TPSA) is 38.3 Å². The molecule has 2 aromatic rings. The summed E-state index contributed by atoms with van der Waals surface area (Å²) in [6, 6.07) is 14.3. The van der Waals surface area contributed by atoms with E-state index in [1.807, 2.05) is 24.3 Å². The van der Waals surface area contributed by atoms with Crippen LogP contribution in [0, 0.1) is 0 Å². The molecule has 0 saturated carbocycles. The quantitative estimate of drug-likeness (QED) is 0.833. The van der Waals surface area contributed by atoms with Crippen LogP contribution in [0.4, 0.5) is 5.69 Å². The fraction of sp³-hybridized carbons (Fsp3) is 0.188. The third-order valence-electron chi connectivity index (χ3n) is 2.86. The maximum Gasteiger partial charge on any atom is 0.268 e. The lowest BCUT2D eigenvalue weighted by Gasteiger charge is -2.25. The summed E-state index contributed by atoms with van der Waals surface area (Å²) in [4.78, 5) is 12.4. The van der Waals surface area contributed by atoms with Gasteiger partial charge in [-0.3, -0.25) is 4.79 Å². The van der Waals surface area contributed by atoms with E-state index >= 15 is 0 Å². The Morgan fingerprint density at radius 2 is 1.76 bits per heavy atom. The molecule has 0 unspecified atom stereocenters. The van der Waals surface area contributed by atoms with Crippen molar-refractivity contribution in [3.8, 4) is 5.75 Å². The fourth-order valence-electron chi connectivity index (χ4n) is 1.68. The molecule has 3 nitrogen and oxygen atoms in total. The summed E-state index contributed by atoms with van der Waals surface area (Å²) in [5.74, 6) is 0.357. The SMILES string of the molecule is CC(C)(Oc1ccc(Cl)cc1)C(=O)Nc1ccccc1Br. The summed E-state index contributed by atoms with van der Waals surface area (Å²) in [6.45, 7) is 3.43. The number of hydrogen-bond donors (Lipinski definition) is 1. The number of benzene rings is 2. The Hall–Kier alpha value is -1.52. The summed E-state index contributed by atoms with van der Waals surface area (Å²) in [6.07, 6.45) is 0. The van der Waals surface area contributed by atoms with Gasteiger partial charge in [-0.25, -0.2) is 0 Å². The predicted molar refractivity (Wildman–Crippen MR) is 88.9 cm³/mol. The van der Waals surface area contributed by atoms with Gasteiger partial charge in [0.05, 0.1) is 5.69 Å². The van der Waals surface area contributed by atoms with E-state index in [0.29, 0.717) is 16.5 Å². The number of para-hydroxylation sites is 1. The molecule has 0 heterocycles. The van der Waals surface area contributed by atoms with Gasteiger partial charge >= 0.3 is 0 Å². The number of amides is 1. The van der Waals surface area contributed by atoms with E-state index in [9.17, 15) is 4.79 Å². The molecule has 0 atom stereocenters. The number of rotatable bonds is 4. The van der Waals surface area contributed by atoms with Crippen LogP contribution in [-0.4, -0.2) is 11.5 Å². The number of ether oxygens (including phenoxy) is 1. The van der Waals surface area contributed by atoms with Crippen LogP contribution in [0.3, 0.4) is 0 Å². The summed E-state index contributed by atoms with van der Waals surface area (Å²) < 4.78 is 6.56. The van der Waals surface area contributed by atoms with Gasteiger partial charge in [0.1, 0.15) is 5.75 Å². The highest BCUT2D eigenvalue weighted by Crippen LogP contribution is 2.25. The number of halogens is 2. The molecular formula is C16H15BrClNO2. The van der Waals surface area contributed by atoms with Crippen LogP contribution in [0.1, 0.15) is 13.8 Å². The fourth-order valence-corrected chi connectivity index (χ4v) is 2.19. The molecule has 2 aromatic carbocycles. The monoisotopic (exact) mass is 367 g/mol. The van der Waals surface area contributed by atoms with E-state index in [1.54, 1.807) is 38.1 Å². The van der Waals surface area contributed by atoms with Crippen molar-refractivity contribution >= 4 is 39.1 Å². The van der Waals surface area contributed by atoms with E-state index in [0.717, 1.165) is 4.47 Å². The van der Waals surface area contributed by atoms with Gasteiger partial charge in [-0.2, -0.15) is 0 Å². The summed E-state index contributed by atoms with van der Waals surface area (Å²) >= 11 is 9.23. The smallest absolute Gasteiger partial charge is 0.268 e. The Labute approximate surface area is 137 Å². The van der Waals surface area contributed by atoms with Crippen molar-refractivity contribution in [3.05, 3.63) is 58.0 Å². The number of hydrogen-bond acceptors (Lipinski definition) is 2. The molecule has 1 amide bonds. The predicted octanol–water partition coefficient (Wildman–Crippen LogP) is 4.90. The minimum absolute atomic E-state index is 0.232. The third-order valence-corrected chi connectivity index (χ3v) is 3.80. The zero-order valence-corrected chi connectivity index (χ0v) is 14.0. The van der Waals surface area contributed by atoms with Crippen LogP contribution in [-0.2, 0) is 4.79 Å². The molecule has 0 fully saturated rings. The molecule has 0 aliphatic heterocycles. The average molecular weight is 369 g/mol. The van der Waals surface area contributed by atoms with Gasteiger partial charge in [-0.15, -0.1) is 0 Å². The molecular weight excluding hydrogens is 354 g/mol. The van der Waals surface area contributed by atoms with E-state index in [1.165, 1.54) is 0 Å². The van der Waals surface area contributed by atoms with Crippen LogP contribution in [0.15, 0.2) is 53.0 Å². The van der Waals surface area contributed by atoms with Crippen LogP contribution in [0.25, 0.3) is 0 Å². The summed E-state index contributed by atoms with van der Waals surface area (Å²) in [7, 11) is 0. The van der Waals surface area contributed by atoms with Gasteiger partial charge in [0.15, 0.2) is 5.60 Å². The normalized spacial score (nSPS) is 11.0. The first-order chi connectivity index (χ1) is 9.88. The van der Waals surface area contributed by atoms with Crippen molar-refractivity contribution < 1.29 is 9.53 Å². The first-order valence-electron chi connectivity index (χ1n) is 6.39. The molecule has 110 valence electrons. The molecule has 0 aromatic heterocycles. The molecule has 0 aliphatic carbocycles. The summed E-state index contributed by atoms with van der Waals surface area (Å²) in [5, 5.41) is 3.47. The van der Waals surface area contributed by atoms with Crippen LogP contribution in [0.5, 0.6) is 5.75 Å². The second kappa shape index (κ2) is 6.50. The standard InChI is InChI=1S/C16H15BrClNO2/c1-16(2,21-12-9-7-11(18)8-10-12)15(20)19-14-6-4-3-5-13(14)17/h3-10H,1-2H3,(H,19,20). The van der Waals surface area contributed by atoms with Crippen LogP contribution in [0.2, 0.25) is 5.02 Å². The van der Waals surface area contributed by atoms with Gasteiger partial charge in [-0.05, 0) is 66.2 Å². The number of anilines is 1. The third kappa shape index (κ3) is 4.22. The van der Waals surface area contributed by atoms with Crippen LogP contribution >= 0.6 is 27.5 Å². The molecule has 1 N–H and O–H groups in total. The Kier molecular flexibility index (Phi) is 4.91. The van der Waals surface area contributed by atoms with E-state index in [4.69, 9.17) is 16.3 Å². The van der Waals surface area contributed by atoms with Gasteiger partial charge in [0.2, 0.25) is 0 Å². The van der Waals surface area contributed by atoms with Crippen molar-refractivity contribution in [2.45, 2.75) is 19.4 Å². The van der Waals surface area contributed by atoms with Gasteiger partial charge < -0.3 is 10.1 Å². The minimum atomic E-state index is -1.01. The highest BCUT2D eigenvalue weighted by Gasteiger charge is 2.30. The highest BCUT2D eigenvalue weighted by molar-refractivity contribution is 9.10. The lowest BCUT2D eigenvalue weighted by atomic mass is 10.1. The highest BCUT2D eigenvalue weighted by atomic mass is 79.9. The molecule has 0 saturated heterocycles.